The second-order valence-electron chi connectivity index (χ2n) is 6.88. The number of benzene rings is 1. The summed E-state index contributed by atoms with van der Waals surface area (Å²) in [5.74, 6) is 2.50. The van der Waals surface area contributed by atoms with E-state index < -0.39 is 0 Å². The van der Waals surface area contributed by atoms with E-state index in [2.05, 4.69) is 46.8 Å². The maximum Gasteiger partial charge on any atom is 0.224 e. The number of fused-ring (bicyclic) bond motifs is 8. The third-order valence-corrected chi connectivity index (χ3v) is 4.25. The van der Waals surface area contributed by atoms with Crippen LogP contribution < -0.4 is 0 Å². The van der Waals surface area contributed by atoms with E-state index in [9.17, 15) is 0 Å². The minimum absolute atomic E-state index is 0.0259. The highest BCUT2D eigenvalue weighted by atomic mass is 15.3. The van der Waals surface area contributed by atoms with Gasteiger partial charge in [0.1, 0.15) is 0 Å². The average molecular weight is 304 g/mol. The summed E-state index contributed by atoms with van der Waals surface area (Å²) in [4.78, 5) is 14.2. The number of para-hydroxylation sites is 2. The number of rotatable bonds is 0. The lowest BCUT2D eigenvalue weighted by Gasteiger charge is -2.13. The topological polar surface area (TPSA) is 51.9 Å². The molecule has 0 aliphatic rings. The van der Waals surface area contributed by atoms with Gasteiger partial charge >= 0.3 is 0 Å². The Morgan fingerprint density at radius 2 is 1.74 bits per heavy atom. The van der Waals surface area contributed by atoms with Gasteiger partial charge in [-0.2, -0.15) is 0 Å². The molecular weight excluding hydrogens is 288 g/mol. The van der Waals surface area contributed by atoms with Gasteiger partial charge in [0.05, 0.1) is 16.7 Å². The summed E-state index contributed by atoms with van der Waals surface area (Å²) in [6.07, 6.45) is 5.82. The number of hydrogen-bond acceptors (Lipinski definition) is 3. The zero-order chi connectivity index (χ0) is 15.8. The van der Waals surface area contributed by atoms with Crippen molar-refractivity contribution in [2.45, 2.75) is 26.2 Å². The summed E-state index contributed by atoms with van der Waals surface area (Å²) in [5.41, 5.74) is 3.01. The third-order valence-electron chi connectivity index (χ3n) is 4.25. The van der Waals surface area contributed by atoms with Gasteiger partial charge in [0.2, 0.25) is 17.3 Å². The minimum atomic E-state index is -0.0259. The predicted octanol–water partition coefficient (Wildman–Crippen LogP) is 3.08. The van der Waals surface area contributed by atoms with Gasteiger partial charge in [0.25, 0.3) is 0 Å². The average Bonchev–Trinajstić information content (AvgIpc) is 3.21. The van der Waals surface area contributed by atoms with Crippen LogP contribution in [0.5, 0.6) is 0 Å². The van der Waals surface area contributed by atoms with Crippen molar-refractivity contribution in [2.24, 2.45) is 0 Å². The van der Waals surface area contributed by atoms with Crippen LogP contribution in [0.1, 0.15) is 26.5 Å². The SMILES string of the molecule is CC(C)(C)c1cn2c(n1)n1ccnc1n1c3ccccc3nc21. The summed E-state index contributed by atoms with van der Waals surface area (Å²) in [5, 5.41) is 0. The van der Waals surface area contributed by atoms with Crippen LogP contribution in [0.3, 0.4) is 0 Å². The van der Waals surface area contributed by atoms with Crippen molar-refractivity contribution in [1.29, 1.82) is 0 Å². The number of nitrogens with zero attached hydrogens (tertiary/aromatic N) is 6. The van der Waals surface area contributed by atoms with E-state index in [1.54, 1.807) is 6.20 Å². The molecule has 0 N–H and O–H groups in total. The highest BCUT2D eigenvalue weighted by molar-refractivity contribution is 5.82. The first-order valence-electron chi connectivity index (χ1n) is 7.66. The maximum atomic E-state index is 4.84. The first-order valence-corrected chi connectivity index (χ1v) is 7.66. The van der Waals surface area contributed by atoms with E-state index >= 15 is 0 Å². The number of imidazole rings is 3. The number of hydrogen-bond donors (Lipinski definition) is 0. The second-order valence-corrected chi connectivity index (χ2v) is 6.88. The van der Waals surface area contributed by atoms with E-state index in [0.717, 1.165) is 34.1 Å². The van der Waals surface area contributed by atoms with E-state index in [0.29, 0.717) is 0 Å². The van der Waals surface area contributed by atoms with Gasteiger partial charge in [-0.1, -0.05) is 32.9 Å². The molecule has 23 heavy (non-hydrogen) atoms. The van der Waals surface area contributed by atoms with Gasteiger partial charge in [0, 0.05) is 24.0 Å². The molecule has 114 valence electrons. The van der Waals surface area contributed by atoms with Crippen LogP contribution in [0.25, 0.3) is 28.4 Å². The fourth-order valence-corrected chi connectivity index (χ4v) is 3.04. The monoisotopic (exact) mass is 304 g/mol. The quantitative estimate of drug-likeness (QED) is 0.442. The Kier molecular flexibility index (Phi) is 2.14. The molecule has 0 atom stereocenters. The van der Waals surface area contributed by atoms with Crippen LogP contribution in [-0.4, -0.2) is 28.2 Å². The molecule has 0 bridgehead atoms. The molecule has 0 radical (unpaired) electrons. The van der Waals surface area contributed by atoms with Gasteiger partial charge in [-0.3, -0.25) is 8.80 Å². The molecule has 0 amide bonds. The Morgan fingerprint density at radius 3 is 2.57 bits per heavy atom. The van der Waals surface area contributed by atoms with Crippen LogP contribution in [0.15, 0.2) is 42.9 Å². The molecular formula is C17H16N6. The fraction of sp³-hybridized carbons (Fsp3) is 0.235. The second kappa shape index (κ2) is 3.90. The van der Waals surface area contributed by atoms with E-state index in [1.165, 1.54) is 0 Å². The van der Waals surface area contributed by atoms with Gasteiger partial charge < -0.3 is 0 Å². The van der Waals surface area contributed by atoms with Crippen LogP contribution >= 0.6 is 0 Å². The van der Waals surface area contributed by atoms with Crippen molar-refractivity contribution in [3.63, 3.8) is 0 Å². The smallest absolute Gasteiger partial charge is 0.224 e. The van der Waals surface area contributed by atoms with Crippen molar-refractivity contribution in [3.05, 3.63) is 48.5 Å². The molecule has 0 aliphatic heterocycles. The summed E-state index contributed by atoms with van der Waals surface area (Å²) >= 11 is 0. The summed E-state index contributed by atoms with van der Waals surface area (Å²) in [6.45, 7) is 6.50. The molecule has 6 nitrogen and oxygen atoms in total. The molecule has 0 unspecified atom stereocenters. The van der Waals surface area contributed by atoms with Gasteiger partial charge in [-0.05, 0) is 12.1 Å². The largest absolute Gasteiger partial charge is 0.254 e. The van der Waals surface area contributed by atoms with Crippen molar-refractivity contribution in [1.82, 2.24) is 28.2 Å². The van der Waals surface area contributed by atoms with Crippen LogP contribution in [0, 0.1) is 0 Å². The molecule has 0 spiro atoms. The molecule has 4 aromatic heterocycles. The fourth-order valence-electron chi connectivity index (χ4n) is 3.04. The Bertz CT molecular complexity index is 1200. The molecule has 5 rings (SSSR count). The molecule has 0 saturated heterocycles. The lowest BCUT2D eigenvalue weighted by Crippen LogP contribution is -2.11. The first kappa shape index (κ1) is 12.6. The Hall–Kier alpha value is -2.89. The van der Waals surface area contributed by atoms with E-state index in [-0.39, 0.29) is 5.41 Å². The lowest BCUT2D eigenvalue weighted by molar-refractivity contribution is 0.573. The Morgan fingerprint density at radius 1 is 0.913 bits per heavy atom. The van der Waals surface area contributed by atoms with Crippen LogP contribution in [-0.2, 0) is 5.41 Å². The van der Waals surface area contributed by atoms with E-state index in [1.807, 2.05) is 28.8 Å². The van der Waals surface area contributed by atoms with Crippen molar-refractivity contribution in [3.8, 4) is 0 Å². The van der Waals surface area contributed by atoms with E-state index in [4.69, 9.17) is 9.97 Å². The zero-order valence-electron chi connectivity index (χ0n) is 13.2. The van der Waals surface area contributed by atoms with Gasteiger partial charge in [-0.15, -0.1) is 0 Å². The molecule has 0 saturated carbocycles. The minimum Gasteiger partial charge on any atom is -0.254 e. The normalized spacial score (nSPS) is 13.0. The highest BCUT2D eigenvalue weighted by Crippen LogP contribution is 2.25. The third kappa shape index (κ3) is 1.55. The molecule has 0 aliphatic carbocycles. The number of aromatic nitrogens is 6. The van der Waals surface area contributed by atoms with Gasteiger partial charge in [0.15, 0.2) is 0 Å². The molecule has 6 heteroatoms. The first-order chi connectivity index (χ1) is 11.0. The predicted molar refractivity (Wildman–Crippen MR) is 88.9 cm³/mol. The Labute approximate surface area is 132 Å². The zero-order valence-corrected chi connectivity index (χ0v) is 13.2. The summed E-state index contributed by atoms with van der Waals surface area (Å²) in [6, 6.07) is 8.12. The maximum absolute atomic E-state index is 4.84. The van der Waals surface area contributed by atoms with Crippen molar-refractivity contribution in [2.75, 3.05) is 0 Å². The molecule has 5 aromatic rings. The summed E-state index contributed by atoms with van der Waals surface area (Å²) in [7, 11) is 0. The van der Waals surface area contributed by atoms with Crippen molar-refractivity contribution < 1.29 is 0 Å². The highest BCUT2D eigenvalue weighted by Gasteiger charge is 2.21. The lowest BCUT2D eigenvalue weighted by atomic mass is 9.93. The molecule has 1 aromatic carbocycles. The van der Waals surface area contributed by atoms with Crippen LogP contribution in [0.4, 0.5) is 0 Å². The summed E-state index contributed by atoms with van der Waals surface area (Å²) < 4.78 is 6.14. The molecule has 4 heterocycles. The van der Waals surface area contributed by atoms with Crippen LogP contribution in [0.2, 0.25) is 0 Å². The standard InChI is InChI=1S/C17H16N6/c1-17(2,3)13-10-22-15(20-13)21-9-8-18-14(21)23-12-7-5-4-6-11(12)19-16(22)23/h4-10H,1-3H3. The Balaban J connectivity index is 2.10. The van der Waals surface area contributed by atoms with Gasteiger partial charge in [-0.25, -0.2) is 19.4 Å². The molecule has 0 fully saturated rings. The van der Waals surface area contributed by atoms with Crippen molar-refractivity contribution >= 4 is 28.4 Å².